The first-order valence-electron chi connectivity index (χ1n) is 9.73. The third-order valence-corrected chi connectivity index (χ3v) is 4.67. The Balaban J connectivity index is 2.03. The molecular weight excluding hydrogens is 404 g/mol. The van der Waals surface area contributed by atoms with E-state index < -0.39 is 17.4 Å². The molecule has 0 radical (unpaired) electrons. The summed E-state index contributed by atoms with van der Waals surface area (Å²) < 4.78 is 9.15. The molecule has 3 N–H and O–H groups in total. The van der Waals surface area contributed by atoms with E-state index in [1.165, 1.54) is 35.5 Å². The summed E-state index contributed by atoms with van der Waals surface area (Å²) in [5.41, 5.74) is 2.46. The van der Waals surface area contributed by atoms with Crippen LogP contribution in [0.15, 0.2) is 39.0 Å². The lowest BCUT2D eigenvalue weighted by atomic mass is 10.2. The molecule has 0 spiro atoms. The van der Waals surface area contributed by atoms with Crippen molar-refractivity contribution in [2.24, 2.45) is 19.2 Å². The lowest BCUT2D eigenvalue weighted by molar-refractivity contribution is -0.000109. The van der Waals surface area contributed by atoms with Crippen molar-refractivity contribution in [3.63, 3.8) is 0 Å². The second kappa shape index (κ2) is 9.14. The zero-order chi connectivity index (χ0) is 22.7. The number of aryl methyl sites for hydroxylation is 1. The number of phenols is 1. The Hall–Kier alpha value is -3.44. The molecule has 0 aliphatic rings. The van der Waals surface area contributed by atoms with Crippen LogP contribution in [0.2, 0.25) is 0 Å². The average molecular weight is 430 g/mol. The van der Waals surface area contributed by atoms with Gasteiger partial charge in [0.25, 0.3) is 5.56 Å². The van der Waals surface area contributed by atoms with Gasteiger partial charge in [-0.1, -0.05) is 12.1 Å². The SMILES string of the molecule is CC(C)OCC(O)Cn1c(N/N=C/c2ccccc2O)nc2c1c(=O)n(C)c(=O)n2C. The highest BCUT2D eigenvalue weighted by Gasteiger charge is 2.21. The number of hydrogen-bond acceptors (Lipinski definition) is 8. The number of nitrogens with one attached hydrogen (secondary N) is 1. The summed E-state index contributed by atoms with van der Waals surface area (Å²) in [6, 6.07) is 6.65. The highest BCUT2D eigenvalue weighted by atomic mass is 16.5. The third-order valence-electron chi connectivity index (χ3n) is 4.67. The van der Waals surface area contributed by atoms with Crippen LogP contribution in [-0.4, -0.2) is 53.9 Å². The minimum absolute atomic E-state index is 0.00883. The standard InChI is InChI=1S/C20H26N6O5/c1-12(2)31-11-14(27)10-26-16-17(24(3)20(30)25(4)18(16)29)22-19(26)23-21-9-13-7-5-6-8-15(13)28/h5-9,12,14,27-28H,10-11H2,1-4H3,(H,22,23)/b21-9+. The first-order valence-corrected chi connectivity index (χ1v) is 9.73. The van der Waals surface area contributed by atoms with Gasteiger partial charge in [-0.3, -0.25) is 13.9 Å². The van der Waals surface area contributed by atoms with E-state index in [-0.39, 0.29) is 42.1 Å². The number of phenolic OH excluding ortho intramolecular Hbond substituents is 1. The molecule has 0 saturated carbocycles. The van der Waals surface area contributed by atoms with Crippen LogP contribution in [0.5, 0.6) is 5.75 Å². The summed E-state index contributed by atoms with van der Waals surface area (Å²) in [6.07, 6.45) is 0.405. The fourth-order valence-corrected chi connectivity index (χ4v) is 3.03. The molecule has 0 aliphatic carbocycles. The molecule has 1 aromatic carbocycles. The quantitative estimate of drug-likeness (QED) is 0.347. The normalized spacial score (nSPS) is 12.8. The number of benzene rings is 1. The van der Waals surface area contributed by atoms with E-state index in [1.807, 2.05) is 13.8 Å². The first kappa shape index (κ1) is 22.2. The van der Waals surface area contributed by atoms with Crippen LogP contribution in [-0.2, 0) is 25.4 Å². The fraction of sp³-hybridized carbons (Fsp3) is 0.400. The van der Waals surface area contributed by atoms with Crippen molar-refractivity contribution in [3.8, 4) is 5.75 Å². The van der Waals surface area contributed by atoms with Crippen LogP contribution in [0, 0.1) is 0 Å². The fourth-order valence-electron chi connectivity index (χ4n) is 3.03. The van der Waals surface area contributed by atoms with E-state index in [0.29, 0.717) is 5.56 Å². The number of aromatic hydroxyl groups is 1. The predicted octanol–water partition coefficient (Wildman–Crippen LogP) is 0.371. The number of hydrazone groups is 1. The monoisotopic (exact) mass is 430 g/mol. The number of anilines is 1. The van der Waals surface area contributed by atoms with Gasteiger partial charge in [0, 0.05) is 19.7 Å². The molecule has 0 bridgehead atoms. The maximum atomic E-state index is 12.8. The summed E-state index contributed by atoms with van der Waals surface area (Å²) in [4.78, 5) is 29.4. The number of rotatable bonds is 8. The molecule has 0 fully saturated rings. The molecule has 166 valence electrons. The van der Waals surface area contributed by atoms with Gasteiger partial charge in [-0.25, -0.2) is 10.2 Å². The van der Waals surface area contributed by atoms with Crippen LogP contribution in [0.25, 0.3) is 11.2 Å². The van der Waals surface area contributed by atoms with Gasteiger partial charge < -0.3 is 19.5 Å². The number of aromatic nitrogens is 4. The number of hydrogen-bond donors (Lipinski definition) is 3. The van der Waals surface area contributed by atoms with Crippen molar-refractivity contribution >= 4 is 23.3 Å². The molecule has 11 heteroatoms. The van der Waals surface area contributed by atoms with Gasteiger partial charge in [0.05, 0.1) is 31.6 Å². The van der Waals surface area contributed by atoms with Crippen molar-refractivity contribution in [2.45, 2.75) is 32.6 Å². The number of aliphatic hydroxyl groups is 1. The van der Waals surface area contributed by atoms with Gasteiger partial charge in [0.15, 0.2) is 11.2 Å². The van der Waals surface area contributed by atoms with Crippen molar-refractivity contribution in [3.05, 3.63) is 50.7 Å². The molecule has 1 unspecified atom stereocenters. The van der Waals surface area contributed by atoms with E-state index in [1.54, 1.807) is 18.2 Å². The van der Waals surface area contributed by atoms with E-state index in [0.717, 1.165) is 4.57 Å². The molecular formula is C20H26N6O5. The molecule has 2 aromatic heterocycles. The molecule has 31 heavy (non-hydrogen) atoms. The van der Waals surface area contributed by atoms with Crippen molar-refractivity contribution in [2.75, 3.05) is 12.0 Å². The maximum absolute atomic E-state index is 12.8. The zero-order valence-electron chi connectivity index (χ0n) is 17.8. The second-order valence-corrected chi connectivity index (χ2v) is 7.39. The maximum Gasteiger partial charge on any atom is 0.332 e. The Bertz CT molecular complexity index is 1220. The third kappa shape index (κ3) is 4.67. The lowest BCUT2D eigenvalue weighted by Gasteiger charge is -2.16. The van der Waals surface area contributed by atoms with Crippen LogP contribution in [0.3, 0.4) is 0 Å². The van der Waals surface area contributed by atoms with Crippen molar-refractivity contribution in [1.29, 1.82) is 0 Å². The van der Waals surface area contributed by atoms with Gasteiger partial charge in [-0.15, -0.1) is 0 Å². The zero-order valence-corrected chi connectivity index (χ0v) is 17.8. The molecule has 3 rings (SSSR count). The molecule has 1 atom stereocenters. The molecule has 11 nitrogen and oxygen atoms in total. The second-order valence-electron chi connectivity index (χ2n) is 7.39. The van der Waals surface area contributed by atoms with E-state index >= 15 is 0 Å². The summed E-state index contributed by atoms with van der Waals surface area (Å²) in [5, 5.41) is 24.4. The Morgan fingerprint density at radius 1 is 1.23 bits per heavy atom. The smallest absolute Gasteiger partial charge is 0.332 e. The van der Waals surface area contributed by atoms with Gasteiger partial charge in [0.1, 0.15) is 5.75 Å². The van der Waals surface area contributed by atoms with E-state index in [2.05, 4.69) is 15.5 Å². The topological polar surface area (TPSA) is 136 Å². The predicted molar refractivity (Wildman–Crippen MR) is 117 cm³/mol. The summed E-state index contributed by atoms with van der Waals surface area (Å²) >= 11 is 0. The molecule has 0 saturated heterocycles. The Labute approximate surface area is 177 Å². The number of imidazole rings is 1. The summed E-state index contributed by atoms with van der Waals surface area (Å²) in [6.45, 7) is 3.76. The van der Waals surface area contributed by atoms with E-state index in [4.69, 9.17) is 4.74 Å². The molecule has 2 heterocycles. The number of para-hydroxylation sites is 1. The highest BCUT2D eigenvalue weighted by Crippen LogP contribution is 2.17. The summed E-state index contributed by atoms with van der Waals surface area (Å²) in [5.74, 6) is 0.211. The molecule has 3 aromatic rings. The number of nitrogens with zero attached hydrogens (tertiary/aromatic N) is 5. The molecule has 0 amide bonds. The number of ether oxygens (including phenoxy) is 1. The van der Waals surface area contributed by atoms with Gasteiger partial charge >= 0.3 is 5.69 Å². The van der Waals surface area contributed by atoms with Gasteiger partial charge in [-0.2, -0.15) is 10.1 Å². The van der Waals surface area contributed by atoms with Crippen LogP contribution < -0.4 is 16.7 Å². The Kier molecular flexibility index (Phi) is 6.56. The minimum Gasteiger partial charge on any atom is -0.507 e. The van der Waals surface area contributed by atoms with Crippen LogP contribution in [0.4, 0.5) is 5.95 Å². The first-order chi connectivity index (χ1) is 14.7. The van der Waals surface area contributed by atoms with Gasteiger partial charge in [0.2, 0.25) is 5.95 Å². The molecule has 0 aliphatic heterocycles. The Morgan fingerprint density at radius 3 is 2.61 bits per heavy atom. The Morgan fingerprint density at radius 2 is 1.94 bits per heavy atom. The lowest BCUT2D eigenvalue weighted by Crippen LogP contribution is -2.38. The largest absolute Gasteiger partial charge is 0.507 e. The van der Waals surface area contributed by atoms with Crippen LogP contribution >= 0.6 is 0 Å². The number of aliphatic hydroxyl groups excluding tert-OH is 1. The van der Waals surface area contributed by atoms with Crippen molar-refractivity contribution < 1.29 is 14.9 Å². The average Bonchev–Trinajstić information content (AvgIpc) is 3.09. The van der Waals surface area contributed by atoms with Crippen molar-refractivity contribution in [1.82, 2.24) is 18.7 Å². The highest BCUT2D eigenvalue weighted by molar-refractivity contribution is 5.83. The van der Waals surface area contributed by atoms with Crippen LogP contribution in [0.1, 0.15) is 19.4 Å². The summed E-state index contributed by atoms with van der Waals surface area (Å²) in [7, 11) is 2.89. The van der Waals surface area contributed by atoms with Gasteiger partial charge in [-0.05, 0) is 26.0 Å². The minimum atomic E-state index is -0.926. The van der Waals surface area contributed by atoms with E-state index in [9.17, 15) is 19.8 Å². The number of fused-ring (bicyclic) bond motifs is 1.